The van der Waals surface area contributed by atoms with Crippen molar-refractivity contribution >= 4 is 17.6 Å². The lowest BCUT2D eigenvalue weighted by molar-refractivity contribution is -0.142. The lowest BCUT2D eigenvalue weighted by Gasteiger charge is -2.09. The number of carbonyl (C=O) groups is 1. The summed E-state index contributed by atoms with van der Waals surface area (Å²) in [5, 5.41) is 0. The molecule has 0 bridgehead atoms. The number of pyridine rings is 1. The van der Waals surface area contributed by atoms with Crippen LogP contribution in [0.15, 0.2) is 10.9 Å². The minimum atomic E-state index is -2.96. The van der Waals surface area contributed by atoms with Gasteiger partial charge in [0.05, 0.1) is 24.5 Å². The fraction of sp³-hybridized carbons (Fsp3) is 0.455. The summed E-state index contributed by atoms with van der Waals surface area (Å²) in [5.74, 6) is -0.695. The molecular formula is C11H12ClF2NO3. The number of hydrogen-bond donors (Lipinski definition) is 1. The summed E-state index contributed by atoms with van der Waals surface area (Å²) in [6.45, 7) is 1.75. The number of alkyl halides is 3. The van der Waals surface area contributed by atoms with E-state index in [2.05, 4.69) is 9.72 Å². The monoisotopic (exact) mass is 279 g/mol. The standard InChI is InChI=1S/C11H12ClF2NO3/c1-2-18-8(16)4-6-3-7(5-12)15-11(17)9(6)10(13)14/h3,10H,2,4-5H2,1H3,(H,15,17). The highest BCUT2D eigenvalue weighted by Gasteiger charge is 2.20. The van der Waals surface area contributed by atoms with E-state index in [4.69, 9.17) is 11.6 Å². The van der Waals surface area contributed by atoms with Crippen molar-refractivity contribution < 1.29 is 18.3 Å². The first-order valence-electron chi connectivity index (χ1n) is 5.24. The number of rotatable bonds is 5. The van der Waals surface area contributed by atoms with E-state index in [1.165, 1.54) is 6.07 Å². The highest BCUT2D eigenvalue weighted by Crippen LogP contribution is 2.20. The first kappa shape index (κ1) is 14.6. The van der Waals surface area contributed by atoms with Gasteiger partial charge in [0.2, 0.25) is 0 Å². The number of aromatic nitrogens is 1. The molecule has 1 rings (SSSR count). The SMILES string of the molecule is CCOC(=O)Cc1cc(CCl)[nH]c(=O)c1C(F)F. The molecule has 0 unspecified atom stereocenters. The van der Waals surface area contributed by atoms with Crippen LogP contribution in [0, 0.1) is 0 Å². The van der Waals surface area contributed by atoms with Crippen LogP contribution in [0.5, 0.6) is 0 Å². The minimum absolute atomic E-state index is 0.0332. The molecule has 1 aromatic heterocycles. The number of esters is 1. The molecule has 0 saturated heterocycles. The van der Waals surface area contributed by atoms with E-state index < -0.39 is 23.5 Å². The summed E-state index contributed by atoms with van der Waals surface area (Å²) in [5.41, 5.74) is -1.41. The number of halogens is 3. The Hall–Kier alpha value is -1.43. The molecule has 0 aliphatic heterocycles. The molecule has 0 spiro atoms. The molecule has 0 saturated carbocycles. The van der Waals surface area contributed by atoms with Crippen LogP contribution in [-0.2, 0) is 21.8 Å². The maximum atomic E-state index is 12.8. The maximum absolute atomic E-state index is 12.8. The Labute approximate surface area is 107 Å². The summed E-state index contributed by atoms with van der Waals surface area (Å²) in [7, 11) is 0. The van der Waals surface area contributed by atoms with Crippen LogP contribution >= 0.6 is 11.6 Å². The fourth-order valence-electron chi connectivity index (χ4n) is 1.51. The normalized spacial score (nSPS) is 10.7. The highest BCUT2D eigenvalue weighted by molar-refractivity contribution is 6.16. The van der Waals surface area contributed by atoms with Crippen LogP contribution < -0.4 is 5.56 Å². The number of aromatic amines is 1. The van der Waals surface area contributed by atoms with Crippen molar-refractivity contribution in [3.05, 3.63) is 33.2 Å². The van der Waals surface area contributed by atoms with Crippen molar-refractivity contribution in [2.75, 3.05) is 6.61 Å². The number of hydrogen-bond acceptors (Lipinski definition) is 3. The summed E-state index contributed by atoms with van der Waals surface area (Å²) in [4.78, 5) is 25.0. The van der Waals surface area contributed by atoms with Crippen LogP contribution in [-0.4, -0.2) is 17.6 Å². The summed E-state index contributed by atoms with van der Waals surface area (Å²) < 4.78 is 30.2. The van der Waals surface area contributed by atoms with Crippen molar-refractivity contribution in [3.8, 4) is 0 Å². The van der Waals surface area contributed by atoms with Gasteiger partial charge in [0.25, 0.3) is 12.0 Å². The van der Waals surface area contributed by atoms with Crippen molar-refractivity contribution in [1.82, 2.24) is 4.98 Å². The summed E-state index contributed by atoms with van der Waals surface area (Å²) in [6, 6.07) is 1.28. The highest BCUT2D eigenvalue weighted by atomic mass is 35.5. The third-order valence-electron chi connectivity index (χ3n) is 2.22. The number of carbonyl (C=O) groups excluding carboxylic acids is 1. The van der Waals surface area contributed by atoms with Gasteiger partial charge in [0.15, 0.2) is 0 Å². The van der Waals surface area contributed by atoms with E-state index in [1.807, 2.05) is 0 Å². The minimum Gasteiger partial charge on any atom is -0.466 e. The molecule has 1 heterocycles. The van der Waals surface area contributed by atoms with E-state index in [0.29, 0.717) is 0 Å². The van der Waals surface area contributed by atoms with Crippen LogP contribution in [0.1, 0.15) is 30.2 Å². The van der Waals surface area contributed by atoms with E-state index in [-0.39, 0.29) is 30.2 Å². The lowest BCUT2D eigenvalue weighted by Crippen LogP contribution is -2.20. The van der Waals surface area contributed by atoms with Gasteiger partial charge in [-0.05, 0) is 18.6 Å². The van der Waals surface area contributed by atoms with Gasteiger partial charge in [-0.3, -0.25) is 9.59 Å². The smallest absolute Gasteiger partial charge is 0.310 e. The molecule has 1 aromatic rings. The average Bonchev–Trinajstić information content (AvgIpc) is 2.27. The Morgan fingerprint density at radius 3 is 2.72 bits per heavy atom. The van der Waals surface area contributed by atoms with Gasteiger partial charge >= 0.3 is 5.97 Å². The van der Waals surface area contributed by atoms with Crippen molar-refractivity contribution in [3.63, 3.8) is 0 Å². The van der Waals surface area contributed by atoms with Gasteiger partial charge in [-0.25, -0.2) is 8.78 Å². The Bertz CT molecular complexity index is 488. The Kier molecular flexibility index (Phi) is 5.27. The topological polar surface area (TPSA) is 59.2 Å². The van der Waals surface area contributed by atoms with Gasteiger partial charge in [0.1, 0.15) is 0 Å². The second kappa shape index (κ2) is 6.49. The van der Waals surface area contributed by atoms with Crippen LogP contribution in [0.4, 0.5) is 8.78 Å². The molecule has 0 aliphatic carbocycles. The number of H-pyrrole nitrogens is 1. The molecule has 18 heavy (non-hydrogen) atoms. The predicted octanol–water partition coefficient (Wildman–Crippen LogP) is 2.16. The van der Waals surface area contributed by atoms with Gasteiger partial charge in [-0.1, -0.05) is 0 Å². The molecule has 7 heteroatoms. The fourth-order valence-corrected chi connectivity index (χ4v) is 1.65. The maximum Gasteiger partial charge on any atom is 0.310 e. The van der Waals surface area contributed by atoms with Gasteiger partial charge in [-0.15, -0.1) is 11.6 Å². The molecule has 0 radical (unpaired) electrons. The zero-order chi connectivity index (χ0) is 13.7. The van der Waals surface area contributed by atoms with Crippen molar-refractivity contribution in [2.45, 2.75) is 25.7 Å². The predicted molar refractivity (Wildman–Crippen MR) is 61.9 cm³/mol. The quantitative estimate of drug-likeness (QED) is 0.664. The second-order valence-corrected chi connectivity index (χ2v) is 3.75. The third kappa shape index (κ3) is 3.53. The third-order valence-corrected chi connectivity index (χ3v) is 2.50. The van der Waals surface area contributed by atoms with E-state index in [0.717, 1.165) is 0 Å². The molecule has 1 N–H and O–H groups in total. The Balaban J connectivity index is 3.17. The largest absolute Gasteiger partial charge is 0.466 e. The molecule has 4 nitrogen and oxygen atoms in total. The van der Waals surface area contributed by atoms with Gasteiger partial charge in [-0.2, -0.15) is 0 Å². The van der Waals surface area contributed by atoms with E-state index in [1.54, 1.807) is 6.92 Å². The van der Waals surface area contributed by atoms with Crippen LogP contribution in [0.3, 0.4) is 0 Å². The zero-order valence-corrected chi connectivity index (χ0v) is 10.4. The molecule has 0 atom stereocenters. The molecule has 100 valence electrons. The molecule has 0 fully saturated rings. The summed E-state index contributed by atoms with van der Waals surface area (Å²) >= 11 is 5.53. The Morgan fingerprint density at radius 2 is 2.22 bits per heavy atom. The number of ether oxygens (including phenoxy) is 1. The number of nitrogens with one attached hydrogen (secondary N) is 1. The van der Waals surface area contributed by atoms with Crippen molar-refractivity contribution in [2.24, 2.45) is 0 Å². The second-order valence-electron chi connectivity index (χ2n) is 3.48. The molecule has 0 aromatic carbocycles. The van der Waals surface area contributed by atoms with E-state index >= 15 is 0 Å². The average molecular weight is 280 g/mol. The molecule has 0 aliphatic rings. The first-order chi connectivity index (χ1) is 8.49. The molecule has 0 amide bonds. The van der Waals surface area contributed by atoms with Gasteiger partial charge < -0.3 is 9.72 Å². The first-order valence-corrected chi connectivity index (χ1v) is 5.77. The van der Waals surface area contributed by atoms with E-state index in [9.17, 15) is 18.4 Å². The Morgan fingerprint density at radius 1 is 1.56 bits per heavy atom. The zero-order valence-electron chi connectivity index (χ0n) is 9.63. The van der Waals surface area contributed by atoms with Gasteiger partial charge in [0, 0.05) is 5.69 Å². The van der Waals surface area contributed by atoms with Crippen LogP contribution in [0.2, 0.25) is 0 Å². The lowest BCUT2D eigenvalue weighted by atomic mass is 10.1. The van der Waals surface area contributed by atoms with Crippen molar-refractivity contribution in [1.29, 1.82) is 0 Å². The van der Waals surface area contributed by atoms with Crippen LogP contribution in [0.25, 0.3) is 0 Å². The molecular weight excluding hydrogens is 268 g/mol. The summed E-state index contributed by atoms with van der Waals surface area (Å²) in [6.07, 6.45) is -3.33.